The molecule has 0 unspecified atom stereocenters. The smallest absolute Gasteiger partial charge is 0.310 e. The number of esters is 1. The van der Waals surface area contributed by atoms with E-state index < -0.39 is 0 Å². The van der Waals surface area contributed by atoms with E-state index in [1.807, 2.05) is 6.92 Å². The van der Waals surface area contributed by atoms with Gasteiger partial charge in [0.1, 0.15) is 5.75 Å². The van der Waals surface area contributed by atoms with Crippen LogP contribution in [0.5, 0.6) is 5.75 Å². The SMILES string of the molecule is CCCCOc1ccc2c3c1c(CC(=O)OCC)cn3CCC2. The first-order chi connectivity index (χ1) is 11.2. The first kappa shape index (κ1) is 15.9. The van der Waals surface area contributed by atoms with E-state index in [1.54, 1.807) is 0 Å². The second-order valence-corrected chi connectivity index (χ2v) is 6.08. The summed E-state index contributed by atoms with van der Waals surface area (Å²) in [7, 11) is 0. The third-order valence-corrected chi connectivity index (χ3v) is 4.38. The van der Waals surface area contributed by atoms with Crippen molar-refractivity contribution in [2.45, 2.75) is 52.5 Å². The first-order valence-corrected chi connectivity index (χ1v) is 8.66. The normalized spacial score (nSPS) is 13.3. The Morgan fingerprint density at radius 1 is 1.30 bits per heavy atom. The van der Waals surface area contributed by atoms with Crippen LogP contribution in [0.15, 0.2) is 18.3 Å². The largest absolute Gasteiger partial charge is 0.493 e. The van der Waals surface area contributed by atoms with Crippen LogP contribution in [-0.2, 0) is 28.9 Å². The Kier molecular flexibility index (Phi) is 4.89. The molecule has 1 aromatic heterocycles. The van der Waals surface area contributed by atoms with Crippen LogP contribution in [0.1, 0.15) is 44.2 Å². The number of hydrogen-bond acceptors (Lipinski definition) is 3. The van der Waals surface area contributed by atoms with E-state index in [9.17, 15) is 4.79 Å². The van der Waals surface area contributed by atoms with Gasteiger partial charge in [-0.15, -0.1) is 0 Å². The maximum atomic E-state index is 12.0. The van der Waals surface area contributed by atoms with Crippen LogP contribution in [0.4, 0.5) is 0 Å². The Balaban J connectivity index is 2.01. The molecule has 2 heterocycles. The lowest BCUT2D eigenvalue weighted by molar-refractivity contribution is -0.142. The molecule has 0 spiro atoms. The summed E-state index contributed by atoms with van der Waals surface area (Å²) in [4.78, 5) is 12.0. The van der Waals surface area contributed by atoms with Gasteiger partial charge in [0.15, 0.2) is 0 Å². The molecule has 1 aliphatic heterocycles. The predicted octanol–water partition coefficient (Wildman–Crippen LogP) is 3.87. The number of ether oxygens (including phenoxy) is 2. The number of aryl methyl sites for hydroxylation is 2. The number of aromatic nitrogens is 1. The summed E-state index contributed by atoms with van der Waals surface area (Å²) < 4.78 is 13.4. The molecule has 0 saturated carbocycles. The monoisotopic (exact) mass is 315 g/mol. The summed E-state index contributed by atoms with van der Waals surface area (Å²) >= 11 is 0. The van der Waals surface area contributed by atoms with Crippen molar-refractivity contribution in [3.63, 3.8) is 0 Å². The third kappa shape index (κ3) is 3.21. The summed E-state index contributed by atoms with van der Waals surface area (Å²) in [5, 5.41) is 1.10. The molecule has 1 aliphatic rings. The van der Waals surface area contributed by atoms with Crippen molar-refractivity contribution in [2.24, 2.45) is 0 Å². The number of nitrogens with zero attached hydrogens (tertiary/aromatic N) is 1. The van der Waals surface area contributed by atoms with Gasteiger partial charge in [0.25, 0.3) is 0 Å². The Morgan fingerprint density at radius 3 is 2.96 bits per heavy atom. The molecule has 0 amide bonds. The number of rotatable bonds is 7. The maximum Gasteiger partial charge on any atom is 0.310 e. The zero-order valence-electron chi connectivity index (χ0n) is 14.1. The molecular weight excluding hydrogens is 290 g/mol. The lowest BCUT2D eigenvalue weighted by Gasteiger charge is -2.17. The van der Waals surface area contributed by atoms with Crippen LogP contribution < -0.4 is 4.74 Å². The molecule has 2 aromatic rings. The highest BCUT2D eigenvalue weighted by molar-refractivity contribution is 5.95. The van der Waals surface area contributed by atoms with Gasteiger partial charge in [0.2, 0.25) is 0 Å². The van der Waals surface area contributed by atoms with E-state index in [1.165, 1.54) is 11.1 Å². The van der Waals surface area contributed by atoms with Gasteiger partial charge in [-0.1, -0.05) is 19.4 Å². The minimum absolute atomic E-state index is 0.171. The average Bonchev–Trinajstić information content (AvgIpc) is 2.90. The van der Waals surface area contributed by atoms with Crippen molar-refractivity contribution >= 4 is 16.9 Å². The Bertz CT molecular complexity index is 702. The van der Waals surface area contributed by atoms with Crippen LogP contribution in [-0.4, -0.2) is 23.8 Å². The van der Waals surface area contributed by atoms with Crippen molar-refractivity contribution < 1.29 is 14.3 Å². The summed E-state index contributed by atoms with van der Waals surface area (Å²) in [5.74, 6) is 0.729. The molecule has 3 rings (SSSR count). The highest BCUT2D eigenvalue weighted by Crippen LogP contribution is 2.36. The van der Waals surface area contributed by atoms with Crippen LogP contribution in [0.25, 0.3) is 10.9 Å². The van der Waals surface area contributed by atoms with Gasteiger partial charge >= 0.3 is 5.97 Å². The zero-order valence-corrected chi connectivity index (χ0v) is 14.1. The number of hydrogen-bond donors (Lipinski definition) is 0. The van der Waals surface area contributed by atoms with Crippen molar-refractivity contribution in [3.8, 4) is 5.75 Å². The quantitative estimate of drug-likeness (QED) is 0.575. The fourth-order valence-corrected chi connectivity index (χ4v) is 3.34. The molecule has 0 aliphatic carbocycles. The molecule has 0 bridgehead atoms. The van der Waals surface area contributed by atoms with Crippen LogP contribution in [0.3, 0.4) is 0 Å². The van der Waals surface area contributed by atoms with E-state index in [-0.39, 0.29) is 5.97 Å². The summed E-state index contributed by atoms with van der Waals surface area (Å²) in [6.07, 6.45) is 6.80. The highest BCUT2D eigenvalue weighted by atomic mass is 16.5. The van der Waals surface area contributed by atoms with E-state index in [0.29, 0.717) is 13.0 Å². The van der Waals surface area contributed by atoms with Crippen molar-refractivity contribution in [3.05, 3.63) is 29.5 Å². The van der Waals surface area contributed by atoms with Gasteiger partial charge < -0.3 is 14.0 Å². The second kappa shape index (κ2) is 7.07. The van der Waals surface area contributed by atoms with Crippen molar-refractivity contribution in [1.82, 2.24) is 4.57 Å². The molecule has 124 valence electrons. The molecule has 0 radical (unpaired) electrons. The molecule has 4 nitrogen and oxygen atoms in total. The van der Waals surface area contributed by atoms with E-state index >= 15 is 0 Å². The zero-order chi connectivity index (χ0) is 16.2. The minimum Gasteiger partial charge on any atom is -0.493 e. The predicted molar refractivity (Wildman–Crippen MR) is 91.0 cm³/mol. The highest BCUT2D eigenvalue weighted by Gasteiger charge is 2.21. The average molecular weight is 315 g/mol. The van der Waals surface area contributed by atoms with Gasteiger partial charge in [-0.05, 0) is 43.4 Å². The second-order valence-electron chi connectivity index (χ2n) is 6.08. The lowest BCUT2D eigenvalue weighted by Crippen LogP contribution is -2.07. The van der Waals surface area contributed by atoms with E-state index in [4.69, 9.17) is 9.47 Å². The molecule has 4 heteroatoms. The molecule has 0 fully saturated rings. The fourth-order valence-electron chi connectivity index (χ4n) is 3.34. The standard InChI is InChI=1S/C19H25NO3/c1-3-5-11-23-16-9-8-14-7-6-10-20-13-15(18(16)19(14)20)12-17(21)22-4-2/h8-9,13H,3-7,10-12H2,1-2H3. The molecule has 23 heavy (non-hydrogen) atoms. The van der Waals surface area contributed by atoms with Gasteiger partial charge in [-0.2, -0.15) is 0 Å². The van der Waals surface area contributed by atoms with Gasteiger partial charge in [0, 0.05) is 18.1 Å². The van der Waals surface area contributed by atoms with Crippen LogP contribution in [0, 0.1) is 0 Å². The Morgan fingerprint density at radius 2 is 2.17 bits per heavy atom. The minimum atomic E-state index is -0.171. The van der Waals surface area contributed by atoms with E-state index in [2.05, 4.69) is 29.8 Å². The third-order valence-electron chi connectivity index (χ3n) is 4.38. The molecule has 0 atom stereocenters. The van der Waals surface area contributed by atoms with E-state index in [0.717, 1.165) is 55.5 Å². The molecule has 0 N–H and O–H groups in total. The Hall–Kier alpha value is -1.97. The van der Waals surface area contributed by atoms with Gasteiger partial charge in [-0.3, -0.25) is 4.79 Å². The number of unbranched alkanes of at least 4 members (excludes halogenated alkanes) is 1. The number of benzene rings is 1. The Labute approximate surface area is 137 Å². The summed E-state index contributed by atoms with van der Waals surface area (Å²) in [5.41, 5.74) is 3.61. The van der Waals surface area contributed by atoms with Crippen LogP contribution in [0.2, 0.25) is 0 Å². The maximum absolute atomic E-state index is 12.0. The number of carbonyl (C=O) groups excluding carboxylic acids is 1. The summed E-state index contributed by atoms with van der Waals surface area (Å²) in [6, 6.07) is 4.24. The topological polar surface area (TPSA) is 40.5 Å². The fraction of sp³-hybridized carbons (Fsp3) is 0.526. The lowest BCUT2D eigenvalue weighted by atomic mass is 10.0. The molecule has 0 saturated heterocycles. The van der Waals surface area contributed by atoms with Crippen LogP contribution >= 0.6 is 0 Å². The van der Waals surface area contributed by atoms with Gasteiger partial charge in [0.05, 0.1) is 25.2 Å². The summed E-state index contributed by atoms with van der Waals surface area (Å²) in [6.45, 7) is 6.14. The molecule has 1 aromatic carbocycles. The van der Waals surface area contributed by atoms with Crippen molar-refractivity contribution in [2.75, 3.05) is 13.2 Å². The first-order valence-electron chi connectivity index (χ1n) is 8.66. The molecular formula is C19H25NO3. The van der Waals surface area contributed by atoms with Gasteiger partial charge in [-0.25, -0.2) is 0 Å². The number of carbonyl (C=O) groups is 1. The van der Waals surface area contributed by atoms with Crippen molar-refractivity contribution in [1.29, 1.82) is 0 Å².